The molecule has 0 aromatic heterocycles. The van der Waals surface area contributed by atoms with Gasteiger partial charge in [-0.1, -0.05) is 32.4 Å². The smallest absolute Gasteiger partial charge is 0.245 e. The van der Waals surface area contributed by atoms with E-state index in [4.69, 9.17) is 4.74 Å². The molecule has 0 radical (unpaired) electrons. The first-order valence-corrected chi connectivity index (χ1v) is 13.5. The lowest BCUT2D eigenvalue weighted by atomic mass is 10.0. The minimum atomic E-state index is -0.469. The summed E-state index contributed by atoms with van der Waals surface area (Å²) in [4.78, 5) is 40.6. The van der Waals surface area contributed by atoms with Crippen molar-refractivity contribution in [3.63, 3.8) is 0 Å². The SMILES string of the molecule is CCC(C)CN1CC2N(C(=O)CN(C)N2C=O)[C@@H](CCSC)C1=O.CNCc1ccc(OC)cc1. The fourth-order valence-electron chi connectivity index (χ4n) is 4.31. The van der Waals surface area contributed by atoms with Crippen LogP contribution in [-0.2, 0) is 20.9 Å². The molecule has 2 unspecified atom stereocenters. The molecule has 10 heteroatoms. The number of ether oxygens (including phenoxy) is 1. The molecule has 0 bridgehead atoms. The van der Waals surface area contributed by atoms with Crippen LogP contribution in [-0.4, -0.2) is 103 Å². The van der Waals surface area contributed by atoms with E-state index in [-0.39, 0.29) is 18.4 Å². The molecule has 2 heterocycles. The second-order valence-corrected chi connectivity index (χ2v) is 10.0. The second kappa shape index (κ2) is 14.3. The molecule has 0 aliphatic carbocycles. The lowest BCUT2D eigenvalue weighted by Crippen LogP contribution is -2.74. The number of methoxy groups -OCH3 is 1. The normalized spacial score (nSPS) is 21.3. The van der Waals surface area contributed by atoms with Gasteiger partial charge in [0.15, 0.2) is 0 Å². The number of nitrogens with zero attached hydrogens (tertiary/aromatic N) is 4. The van der Waals surface area contributed by atoms with E-state index in [9.17, 15) is 14.4 Å². The number of piperazine rings is 1. The topological polar surface area (TPSA) is 85.4 Å². The summed E-state index contributed by atoms with van der Waals surface area (Å²) in [5.74, 6) is 2.04. The average molecular weight is 508 g/mol. The first-order valence-electron chi connectivity index (χ1n) is 12.1. The Bertz CT molecular complexity index is 825. The lowest BCUT2D eigenvalue weighted by molar-refractivity contribution is -0.196. The zero-order valence-electron chi connectivity index (χ0n) is 21.9. The van der Waals surface area contributed by atoms with Crippen molar-refractivity contribution in [2.75, 3.05) is 52.8 Å². The van der Waals surface area contributed by atoms with Crippen molar-refractivity contribution in [2.45, 2.75) is 45.4 Å². The van der Waals surface area contributed by atoms with Crippen LogP contribution < -0.4 is 10.1 Å². The van der Waals surface area contributed by atoms with E-state index in [0.717, 1.165) is 30.9 Å². The second-order valence-electron chi connectivity index (χ2n) is 9.02. The molecule has 1 aromatic rings. The van der Waals surface area contributed by atoms with Crippen molar-refractivity contribution in [2.24, 2.45) is 5.92 Å². The average Bonchev–Trinajstić information content (AvgIpc) is 2.85. The van der Waals surface area contributed by atoms with Crippen molar-refractivity contribution in [3.8, 4) is 5.75 Å². The van der Waals surface area contributed by atoms with Crippen molar-refractivity contribution in [3.05, 3.63) is 29.8 Å². The number of nitrogens with one attached hydrogen (secondary N) is 1. The number of carbonyl (C=O) groups excluding carboxylic acids is 3. The summed E-state index contributed by atoms with van der Waals surface area (Å²) in [7, 11) is 5.34. The number of thioether (sulfide) groups is 1. The Hall–Kier alpha value is -2.30. The molecule has 9 nitrogen and oxygen atoms in total. The van der Waals surface area contributed by atoms with Crippen molar-refractivity contribution in [1.82, 2.24) is 25.1 Å². The third-order valence-corrected chi connectivity index (χ3v) is 7.11. The summed E-state index contributed by atoms with van der Waals surface area (Å²) in [6, 6.07) is 7.56. The lowest BCUT2D eigenvalue weighted by Gasteiger charge is -2.54. The molecule has 0 spiro atoms. The maximum atomic E-state index is 13.0. The van der Waals surface area contributed by atoms with E-state index in [1.54, 1.807) is 40.8 Å². The molecule has 2 aliphatic rings. The molecule has 0 saturated carbocycles. The molecule has 35 heavy (non-hydrogen) atoms. The molecule has 2 aliphatic heterocycles. The maximum absolute atomic E-state index is 13.0. The van der Waals surface area contributed by atoms with Crippen LogP contribution in [0.1, 0.15) is 32.3 Å². The molecule has 3 amide bonds. The van der Waals surface area contributed by atoms with E-state index in [1.165, 1.54) is 5.56 Å². The Kier molecular flexibility index (Phi) is 11.8. The van der Waals surface area contributed by atoms with Crippen LogP contribution in [0.5, 0.6) is 5.75 Å². The predicted molar refractivity (Wildman–Crippen MR) is 140 cm³/mol. The predicted octanol–water partition coefficient (Wildman–Crippen LogP) is 1.88. The van der Waals surface area contributed by atoms with E-state index < -0.39 is 12.2 Å². The third-order valence-electron chi connectivity index (χ3n) is 6.46. The first kappa shape index (κ1) is 28.9. The number of likely N-dealkylation sites (N-methyl/N-ethyl adjacent to an activating group) is 1. The Balaban J connectivity index is 0.000000328. The summed E-state index contributed by atoms with van der Waals surface area (Å²) in [5, 5.41) is 6.26. The summed E-state index contributed by atoms with van der Waals surface area (Å²) in [5.41, 5.74) is 1.27. The van der Waals surface area contributed by atoms with Gasteiger partial charge in [-0.25, -0.2) is 5.01 Å². The summed E-state index contributed by atoms with van der Waals surface area (Å²) in [6.07, 6.45) is 3.96. The van der Waals surface area contributed by atoms with Gasteiger partial charge in [-0.3, -0.25) is 19.4 Å². The Morgan fingerprint density at radius 2 is 1.94 bits per heavy atom. The van der Waals surface area contributed by atoms with Crippen LogP contribution >= 0.6 is 11.8 Å². The molecule has 3 rings (SSSR count). The van der Waals surface area contributed by atoms with E-state index >= 15 is 0 Å². The van der Waals surface area contributed by atoms with Crippen LogP contribution in [0.2, 0.25) is 0 Å². The van der Waals surface area contributed by atoms with Gasteiger partial charge in [0.25, 0.3) is 0 Å². The number of hydrazine groups is 1. The van der Waals surface area contributed by atoms with Crippen LogP contribution in [0.4, 0.5) is 0 Å². The van der Waals surface area contributed by atoms with Gasteiger partial charge in [-0.05, 0) is 49.1 Å². The van der Waals surface area contributed by atoms with Gasteiger partial charge in [-0.2, -0.15) is 11.8 Å². The quantitative estimate of drug-likeness (QED) is 0.484. The van der Waals surface area contributed by atoms with E-state index in [2.05, 4.69) is 31.3 Å². The molecule has 2 saturated heterocycles. The van der Waals surface area contributed by atoms with Gasteiger partial charge < -0.3 is 19.9 Å². The van der Waals surface area contributed by atoms with E-state index in [1.807, 2.05) is 30.3 Å². The van der Waals surface area contributed by atoms with Crippen molar-refractivity contribution in [1.29, 1.82) is 0 Å². The van der Waals surface area contributed by atoms with Crippen molar-refractivity contribution >= 4 is 30.0 Å². The van der Waals surface area contributed by atoms with Gasteiger partial charge in [0.1, 0.15) is 18.0 Å². The Labute approximate surface area is 214 Å². The zero-order chi connectivity index (χ0) is 26.0. The fraction of sp³-hybridized carbons (Fsp3) is 0.640. The third kappa shape index (κ3) is 7.59. The number of hydrogen-bond donors (Lipinski definition) is 1. The highest BCUT2D eigenvalue weighted by Gasteiger charge is 2.48. The summed E-state index contributed by atoms with van der Waals surface area (Å²) >= 11 is 1.66. The molecule has 1 N–H and O–H groups in total. The number of rotatable bonds is 10. The van der Waals surface area contributed by atoms with E-state index in [0.29, 0.717) is 25.4 Å². The standard InChI is InChI=1S/C16H28N4O3S.C9H13NO/c1-5-12(2)8-18-9-14-19(11-21)17(3)10-15(22)20(14)13(16(18)23)6-7-24-4;1-10-7-8-3-5-9(11-2)6-4-8/h11-14H,5-10H2,1-4H3;3-6,10H,7H2,1-2H3/t12?,13-,14?;/m0./s1. The molecule has 1 aromatic carbocycles. The number of carbonyl (C=O) groups is 3. The number of benzene rings is 1. The Morgan fingerprint density at radius 1 is 1.26 bits per heavy atom. The number of amides is 3. The minimum absolute atomic E-state index is 0.0179. The fourth-order valence-corrected chi connectivity index (χ4v) is 4.77. The minimum Gasteiger partial charge on any atom is -0.497 e. The number of fused-ring (bicyclic) bond motifs is 1. The highest BCUT2D eigenvalue weighted by Crippen LogP contribution is 2.27. The van der Waals surface area contributed by atoms with Gasteiger partial charge in [0.05, 0.1) is 20.2 Å². The molecular weight excluding hydrogens is 466 g/mol. The van der Waals surface area contributed by atoms with Crippen LogP contribution in [0.25, 0.3) is 0 Å². The molecule has 196 valence electrons. The van der Waals surface area contributed by atoms with Crippen LogP contribution in [0.3, 0.4) is 0 Å². The van der Waals surface area contributed by atoms with Gasteiger partial charge in [0, 0.05) is 20.1 Å². The summed E-state index contributed by atoms with van der Waals surface area (Å²) < 4.78 is 5.03. The monoisotopic (exact) mass is 507 g/mol. The largest absolute Gasteiger partial charge is 0.497 e. The molecule has 2 fully saturated rings. The molecular formula is C25H41N5O4S. The zero-order valence-corrected chi connectivity index (χ0v) is 22.7. The first-order chi connectivity index (χ1) is 16.8. The summed E-state index contributed by atoms with van der Waals surface area (Å²) in [6.45, 7) is 6.31. The number of hydrogen-bond acceptors (Lipinski definition) is 7. The Morgan fingerprint density at radius 3 is 2.49 bits per heavy atom. The van der Waals surface area contributed by atoms with Gasteiger partial charge in [-0.15, -0.1) is 0 Å². The van der Waals surface area contributed by atoms with Gasteiger partial charge in [0.2, 0.25) is 18.2 Å². The highest BCUT2D eigenvalue weighted by molar-refractivity contribution is 7.98. The van der Waals surface area contributed by atoms with Crippen molar-refractivity contribution < 1.29 is 19.1 Å². The van der Waals surface area contributed by atoms with Gasteiger partial charge >= 0.3 is 0 Å². The van der Waals surface area contributed by atoms with Crippen LogP contribution in [0, 0.1) is 5.92 Å². The highest BCUT2D eigenvalue weighted by atomic mass is 32.2. The van der Waals surface area contributed by atoms with Crippen LogP contribution in [0.15, 0.2) is 24.3 Å². The molecule has 3 atom stereocenters. The maximum Gasteiger partial charge on any atom is 0.245 e.